The molecule has 1 aliphatic heterocycles. The van der Waals surface area contributed by atoms with Crippen molar-refractivity contribution < 1.29 is 0 Å². The van der Waals surface area contributed by atoms with Crippen LogP contribution in [-0.4, -0.2) is 11.2 Å². The molecule has 0 fully saturated rings. The summed E-state index contributed by atoms with van der Waals surface area (Å²) in [6.45, 7) is 2.23. The molecule has 1 aliphatic rings. The van der Waals surface area contributed by atoms with E-state index in [0.29, 0.717) is 0 Å². The third kappa shape index (κ3) is 3.10. The van der Waals surface area contributed by atoms with Crippen LogP contribution in [0.3, 0.4) is 0 Å². The monoisotopic (exact) mass is 276 g/mol. The zero-order chi connectivity index (χ0) is 14.5. The van der Waals surface area contributed by atoms with Gasteiger partial charge in [0.2, 0.25) is 0 Å². The largest absolute Gasteiger partial charge is 0.280 e. The van der Waals surface area contributed by atoms with Crippen molar-refractivity contribution in [3.63, 3.8) is 0 Å². The van der Waals surface area contributed by atoms with Crippen LogP contribution in [0.15, 0.2) is 59.2 Å². The summed E-state index contributed by atoms with van der Waals surface area (Å²) in [7, 11) is 0. The molecular formula is C19H20N2. The first-order valence-electron chi connectivity index (χ1n) is 7.62. The topological polar surface area (TPSA) is 25.2 Å². The van der Waals surface area contributed by atoms with Crippen LogP contribution in [0, 0.1) is 0 Å². The Morgan fingerprint density at radius 1 is 1.05 bits per heavy atom. The van der Waals surface area contributed by atoms with Crippen molar-refractivity contribution in [3.05, 3.63) is 71.1 Å². The molecule has 0 spiro atoms. The van der Waals surface area contributed by atoms with Crippen molar-refractivity contribution in [3.8, 4) is 0 Å². The fraction of sp³-hybridized carbons (Fsp3) is 0.263. The van der Waals surface area contributed by atoms with Crippen LogP contribution in [0.2, 0.25) is 0 Å². The van der Waals surface area contributed by atoms with E-state index in [4.69, 9.17) is 4.99 Å². The molecule has 1 unspecified atom stereocenters. The Morgan fingerprint density at radius 2 is 1.90 bits per heavy atom. The zero-order valence-corrected chi connectivity index (χ0v) is 12.4. The Hall–Kier alpha value is -2.22. The second-order valence-corrected chi connectivity index (χ2v) is 5.39. The first-order chi connectivity index (χ1) is 10.4. The zero-order valence-electron chi connectivity index (χ0n) is 12.4. The normalized spacial score (nSPS) is 17.0. The molecule has 0 radical (unpaired) electrons. The third-order valence-corrected chi connectivity index (χ3v) is 3.84. The second-order valence-electron chi connectivity index (χ2n) is 5.39. The van der Waals surface area contributed by atoms with Gasteiger partial charge in [0.05, 0.1) is 11.7 Å². The Labute approximate surface area is 126 Å². The Kier molecular flexibility index (Phi) is 4.25. The molecule has 106 valence electrons. The lowest BCUT2D eigenvalue weighted by Gasteiger charge is -2.16. The average Bonchev–Trinajstić information content (AvgIpc) is 2.73. The number of pyridine rings is 1. The lowest BCUT2D eigenvalue weighted by molar-refractivity contribution is 0.722. The van der Waals surface area contributed by atoms with Crippen molar-refractivity contribution in [2.24, 2.45) is 4.99 Å². The molecule has 2 aromatic rings. The fourth-order valence-corrected chi connectivity index (χ4v) is 2.69. The maximum atomic E-state index is 4.84. The quantitative estimate of drug-likeness (QED) is 0.785. The van der Waals surface area contributed by atoms with Crippen LogP contribution in [0.25, 0.3) is 6.08 Å². The van der Waals surface area contributed by atoms with E-state index < -0.39 is 0 Å². The van der Waals surface area contributed by atoms with E-state index in [1.165, 1.54) is 24.0 Å². The second kappa shape index (κ2) is 6.49. The van der Waals surface area contributed by atoms with E-state index in [1.54, 1.807) is 0 Å². The van der Waals surface area contributed by atoms with Gasteiger partial charge >= 0.3 is 0 Å². The third-order valence-electron chi connectivity index (χ3n) is 3.84. The molecule has 21 heavy (non-hydrogen) atoms. The highest BCUT2D eigenvalue weighted by molar-refractivity contribution is 5.86. The van der Waals surface area contributed by atoms with Crippen LogP contribution in [0.4, 0.5) is 0 Å². The van der Waals surface area contributed by atoms with Crippen LogP contribution < -0.4 is 0 Å². The first-order valence-corrected chi connectivity index (χ1v) is 7.62. The first kappa shape index (κ1) is 13.7. The highest BCUT2D eigenvalue weighted by Crippen LogP contribution is 2.33. The number of aromatic nitrogens is 1. The maximum Gasteiger partial charge on any atom is 0.0963 e. The Bertz CT molecular complexity index is 656. The van der Waals surface area contributed by atoms with Gasteiger partial charge in [-0.05, 0) is 42.2 Å². The fourth-order valence-electron chi connectivity index (χ4n) is 2.69. The van der Waals surface area contributed by atoms with Gasteiger partial charge < -0.3 is 0 Å². The van der Waals surface area contributed by atoms with Crippen LogP contribution in [0.1, 0.15) is 49.0 Å². The number of fused-ring (bicyclic) bond motifs is 1. The number of unbranched alkanes of at least 4 members (excludes halogenated alkanes) is 1. The van der Waals surface area contributed by atoms with E-state index in [1.807, 2.05) is 18.5 Å². The molecule has 0 saturated heterocycles. The molecule has 0 N–H and O–H groups in total. The average molecular weight is 276 g/mol. The summed E-state index contributed by atoms with van der Waals surface area (Å²) in [6.07, 6.45) is 9.50. The molecule has 0 amide bonds. The predicted octanol–water partition coefficient (Wildman–Crippen LogP) is 4.83. The van der Waals surface area contributed by atoms with Gasteiger partial charge in [-0.1, -0.05) is 43.7 Å². The predicted molar refractivity (Wildman–Crippen MR) is 88.5 cm³/mol. The molecule has 0 saturated carbocycles. The van der Waals surface area contributed by atoms with Crippen LogP contribution in [-0.2, 0) is 0 Å². The minimum absolute atomic E-state index is 0.118. The van der Waals surface area contributed by atoms with Gasteiger partial charge in [0.25, 0.3) is 0 Å². The lowest BCUT2D eigenvalue weighted by Crippen LogP contribution is -2.00. The number of hydrogen-bond donors (Lipinski definition) is 0. The number of benzene rings is 1. The SMILES string of the molecule is CCCCC1=Cc2ncccc2C=NC1c1ccccc1. The molecule has 0 bridgehead atoms. The molecule has 2 heterocycles. The number of hydrogen-bond acceptors (Lipinski definition) is 2. The van der Waals surface area contributed by atoms with Crippen molar-refractivity contribution in [2.75, 3.05) is 0 Å². The highest BCUT2D eigenvalue weighted by atomic mass is 14.8. The molecule has 1 atom stereocenters. The summed E-state index contributed by atoms with van der Waals surface area (Å²) < 4.78 is 0. The van der Waals surface area contributed by atoms with Crippen molar-refractivity contribution >= 4 is 12.3 Å². The van der Waals surface area contributed by atoms with Gasteiger partial charge in [0.15, 0.2) is 0 Å². The maximum absolute atomic E-state index is 4.84. The smallest absolute Gasteiger partial charge is 0.0963 e. The van der Waals surface area contributed by atoms with E-state index in [-0.39, 0.29) is 6.04 Å². The van der Waals surface area contributed by atoms with Gasteiger partial charge in [-0.3, -0.25) is 9.98 Å². The van der Waals surface area contributed by atoms with Crippen molar-refractivity contribution in [1.29, 1.82) is 0 Å². The molecule has 3 rings (SSSR count). The standard InChI is InChI=1S/C19H20N2/c1-2-3-8-16-13-18-17(11-7-12-20-18)14-21-19(16)15-9-5-4-6-10-15/h4-7,9-14,19H,2-3,8H2,1H3. The van der Waals surface area contributed by atoms with Gasteiger partial charge in [0.1, 0.15) is 0 Å². The number of nitrogens with zero attached hydrogens (tertiary/aromatic N) is 2. The molecular weight excluding hydrogens is 256 g/mol. The minimum Gasteiger partial charge on any atom is -0.280 e. The Balaban J connectivity index is 2.03. The number of rotatable bonds is 4. The summed E-state index contributed by atoms with van der Waals surface area (Å²) in [5.74, 6) is 0. The molecule has 2 heteroatoms. The highest BCUT2D eigenvalue weighted by Gasteiger charge is 2.18. The van der Waals surface area contributed by atoms with E-state index in [2.05, 4.69) is 54.4 Å². The van der Waals surface area contributed by atoms with Gasteiger partial charge in [-0.15, -0.1) is 0 Å². The molecule has 1 aromatic heterocycles. The Morgan fingerprint density at radius 3 is 2.71 bits per heavy atom. The number of aliphatic imine (C=N–C) groups is 1. The van der Waals surface area contributed by atoms with E-state index in [9.17, 15) is 0 Å². The molecule has 2 nitrogen and oxygen atoms in total. The van der Waals surface area contributed by atoms with E-state index >= 15 is 0 Å². The van der Waals surface area contributed by atoms with Gasteiger partial charge in [-0.25, -0.2) is 0 Å². The summed E-state index contributed by atoms with van der Waals surface area (Å²) in [5.41, 5.74) is 4.75. The summed E-state index contributed by atoms with van der Waals surface area (Å²) in [6, 6.07) is 14.7. The van der Waals surface area contributed by atoms with Crippen LogP contribution in [0.5, 0.6) is 0 Å². The summed E-state index contributed by atoms with van der Waals surface area (Å²) in [4.78, 5) is 9.33. The van der Waals surface area contributed by atoms with E-state index in [0.717, 1.165) is 17.7 Å². The van der Waals surface area contributed by atoms with Crippen LogP contribution >= 0.6 is 0 Å². The van der Waals surface area contributed by atoms with Crippen molar-refractivity contribution in [1.82, 2.24) is 4.98 Å². The van der Waals surface area contributed by atoms with Gasteiger partial charge in [0, 0.05) is 18.0 Å². The summed E-state index contributed by atoms with van der Waals surface area (Å²) >= 11 is 0. The molecule has 0 aliphatic carbocycles. The summed E-state index contributed by atoms with van der Waals surface area (Å²) in [5, 5.41) is 0. The minimum atomic E-state index is 0.118. The lowest BCUT2D eigenvalue weighted by atomic mass is 9.94. The molecule has 1 aromatic carbocycles. The van der Waals surface area contributed by atoms with Gasteiger partial charge in [-0.2, -0.15) is 0 Å². The van der Waals surface area contributed by atoms with Crippen molar-refractivity contribution in [2.45, 2.75) is 32.2 Å².